The fraction of sp³-hybridized carbons (Fsp3) is 0.200. The molecule has 3 nitrogen and oxygen atoms in total. The zero-order chi connectivity index (χ0) is 13.9. The Morgan fingerprint density at radius 1 is 0.895 bits per heavy atom. The van der Waals surface area contributed by atoms with Crippen molar-refractivity contribution in [1.29, 1.82) is 0 Å². The van der Waals surface area contributed by atoms with Gasteiger partial charge in [-0.25, -0.2) is 0 Å². The molecule has 4 heteroatoms. The quantitative estimate of drug-likeness (QED) is 0.473. The number of halogens is 1. The Bertz CT molecular complexity index is 428. The van der Waals surface area contributed by atoms with E-state index in [-0.39, 0.29) is 4.95 Å². The summed E-state index contributed by atoms with van der Waals surface area (Å²) in [6, 6.07) is 19.4. The van der Waals surface area contributed by atoms with Crippen LogP contribution in [0.25, 0.3) is 0 Å². The standard InChI is InChI=1S/C12H10N2.C3H8BrN/c1-3-7-11(8-4-1)13-14-12-9-5-2-6-10-12;1-2-3(4)5/h1-10H;3H,2,5H2,1H3. The lowest BCUT2D eigenvalue weighted by Gasteiger charge is -1.91. The lowest BCUT2D eigenvalue weighted by molar-refractivity contribution is 0.884. The van der Waals surface area contributed by atoms with Gasteiger partial charge in [-0.15, -0.1) is 0 Å². The van der Waals surface area contributed by atoms with E-state index in [4.69, 9.17) is 5.73 Å². The van der Waals surface area contributed by atoms with Gasteiger partial charge in [-0.2, -0.15) is 10.2 Å². The first kappa shape index (κ1) is 15.5. The number of hydrogen-bond donors (Lipinski definition) is 1. The maximum atomic E-state index is 5.21. The van der Waals surface area contributed by atoms with E-state index in [0.717, 1.165) is 17.8 Å². The number of nitrogens with two attached hydrogens (primary N) is 1. The largest absolute Gasteiger partial charge is 0.319 e. The number of azo groups is 1. The Hall–Kier alpha value is -1.52. The van der Waals surface area contributed by atoms with Crippen LogP contribution in [0.15, 0.2) is 70.9 Å². The second-order valence-electron chi connectivity index (χ2n) is 3.80. The third-order valence-corrected chi connectivity index (χ3v) is 2.83. The van der Waals surface area contributed by atoms with E-state index in [1.807, 2.05) is 67.6 Å². The molecule has 2 aromatic carbocycles. The van der Waals surface area contributed by atoms with Crippen LogP contribution in [0.1, 0.15) is 13.3 Å². The van der Waals surface area contributed by atoms with Crippen LogP contribution < -0.4 is 5.73 Å². The molecule has 0 saturated heterocycles. The Labute approximate surface area is 122 Å². The summed E-state index contributed by atoms with van der Waals surface area (Å²) >= 11 is 3.15. The highest BCUT2D eigenvalue weighted by Crippen LogP contribution is 2.16. The average Bonchev–Trinajstić information content (AvgIpc) is 2.48. The highest BCUT2D eigenvalue weighted by atomic mass is 79.9. The van der Waals surface area contributed by atoms with E-state index in [0.29, 0.717) is 0 Å². The molecular weight excluding hydrogens is 302 g/mol. The minimum atomic E-state index is 0.197. The highest BCUT2D eigenvalue weighted by Gasteiger charge is 1.86. The SMILES string of the molecule is CCC(N)Br.c1ccc(N=Nc2ccccc2)cc1. The van der Waals surface area contributed by atoms with Crippen molar-refractivity contribution in [1.82, 2.24) is 0 Å². The normalized spacial score (nSPS) is 11.7. The highest BCUT2D eigenvalue weighted by molar-refractivity contribution is 9.09. The molecule has 2 aromatic rings. The molecule has 1 unspecified atom stereocenters. The molecule has 0 saturated carbocycles. The summed E-state index contributed by atoms with van der Waals surface area (Å²) in [6.45, 7) is 2.03. The van der Waals surface area contributed by atoms with Gasteiger partial charge in [-0.3, -0.25) is 0 Å². The van der Waals surface area contributed by atoms with E-state index in [9.17, 15) is 0 Å². The first-order valence-electron chi connectivity index (χ1n) is 6.14. The van der Waals surface area contributed by atoms with Gasteiger partial charge in [-0.05, 0) is 30.7 Å². The maximum absolute atomic E-state index is 5.21. The fourth-order valence-electron chi connectivity index (χ4n) is 1.10. The summed E-state index contributed by atoms with van der Waals surface area (Å²) in [7, 11) is 0. The molecule has 0 spiro atoms. The zero-order valence-corrected chi connectivity index (χ0v) is 12.5. The van der Waals surface area contributed by atoms with E-state index >= 15 is 0 Å². The second-order valence-corrected chi connectivity index (χ2v) is 4.97. The van der Waals surface area contributed by atoms with Gasteiger partial charge >= 0.3 is 0 Å². The minimum Gasteiger partial charge on any atom is -0.319 e. The van der Waals surface area contributed by atoms with Crippen molar-refractivity contribution in [2.45, 2.75) is 18.3 Å². The molecule has 0 aromatic heterocycles. The molecule has 1 atom stereocenters. The number of alkyl halides is 1. The fourth-order valence-corrected chi connectivity index (χ4v) is 1.10. The van der Waals surface area contributed by atoms with Gasteiger partial charge in [0, 0.05) is 0 Å². The topological polar surface area (TPSA) is 50.7 Å². The summed E-state index contributed by atoms with van der Waals surface area (Å²) in [5, 5.41) is 8.20. The molecule has 0 aliphatic carbocycles. The van der Waals surface area contributed by atoms with Crippen molar-refractivity contribution in [3.63, 3.8) is 0 Å². The predicted molar refractivity (Wildman–Crippen MR) is 84.3 cm³/mol. The Balaban J connectivity index is 0.000000312. The molecule has 0 heterocycles. The summed E-state index contributed by atoms with van der Waals surface area (Å²) < 4.78 is 0. The molecule has 0 amide bonds. The number of benzene rings is 2. The third-order valence-electron chi connectivity index (χ3n) is 2.18. The molecule has 2 N–H and O–H groups in total. The lowest BCUT2D eigenvalue weighted by Crippen LogP contribution is -2.07. The summed E-state index contributed by atoms with van der Waals surface area (Å²) in [4.78, 5) is 0.197. The molecule has 0 aliphatic heterocycles. The third kappa shape index (κ3) is 7.49. The monoisotopic (exact) mass is 319 g/mol. The van der Waals surface area contributed by atoms with Crippen LogP contribution in [0, 0.1) is 0 Å². The number of rotatable bonds is 3. The Morgan fingerprint density at radius 3 is 1.47 bits per heavy atom. The molecule has 0 fully saturated rings. The van der Waals surface area contributed by atoms with Crippen molar-refractivity contribution in [2.24, 2.45) is 16.0 Å². The van der Waals surface area contributed by atoms with Crippen LogP contribution >= 0.6 is 15.9 Å². The van der Waals surface area contributed by atoms with Crippen LogP contribution in [-0.4, -0.2) is 4.95 Å². The van der Waals surface area contributed by atoms with Crippen LogP contribution in [0.2, 0.25) is 0 Å². The van der Waals surface area contributed by atoms with Gasteiger partial charge in [0.05, 0.1) is 16.3 Å². The van der Waals surface area contributed by atoms with E-state index in [1.54, 1.807) is 0 Å². The van der Waals surface area contributed by atoms with E-state index in [2.05, 4.69) is 26.2 Å². The first-order valence-corrected chi connectivity index (χ1v) is 7.05. The van der Waals surface area contributed by atoms with Gasteiger partial charge in [0.25, 0.3) is 0 Å². The molecule has 0 aliphatic rings. The van der Waals surface area contributed by atoms with Crippen molar-refractivity contribution < 1.29 is 0 Å². The van der Waals surface area contributed by atoms with Crippen molar-refractivity contribution in [2.75, 3.05) is 0 Å². The molecule has 2 rings (SSSR count). The van der Waals surface area contributed by atoms with E-state index in [1.165, 1.54) is 0 Å². The zero-order valence-electron chi connectivity index (χ0n) is 10.9. The number of nitrogens with zero attached hydrogens (tertiary/aromatic N) is 2. The smallest absolute Gasteiger partial charge is 0.0857 e. The average molecular weight is 320 g/mol. The lowest BCUT2D eigenvalue weighted by atomic mass is 10.3. The minimum absolute atomic E-state index is 0.197. The predicted octanol–water partition coefficient (Wildman–Crippen LogP) is 5.18. The number of hydrogen-bond acceptors (Lipinski definition) is 3. The molecule has 0 bridgehead atoms. The summed E-state index contributed by atoms with van der Waals surface area (Å²) in [6.07, 6.45) is 1.00. The van der Waals surface area contributed by atoms with Gasteiger partial charge in [0.2, 0.25) is 0 Å². The summed E-state index contributed by atoms with van der Waals surface area (Å²) in [5.41, 5.74) is 6.95. The van der Waals surface area contributed by atoms with E-state index < -0.39 is 0 Å². The second kappa shape index (κ2) is 9.42. The van der Waals surface area contributed by atoms with Crippen LogP contribution in [0.4, 0.5) is 11.4 Å². The molecule has 19 heavy (non-hydrogen) atoms. The molecular formula is C15H18BrN3. The Kier molecular flexibility index (Phi) is 7.70. The molecule has 100 valence electrons. The molecule has 0 radical (unpaired) electrons. The van der Waals surface area contributed by atoms with Crippen LogP contribution in [0.3, 0.4) is 0 Å². The summed E-state index contributed by atoms with van der Waals surface area (Å²) in [5.74, 6) is 0. The Morgan fingerprint density at radius 2 is 1.21 bits per heavy atom. The van der Waals surface area contributed by atoms with Gasteiger partial charge < -0.3 is 5.73 Å². The van der Waals surface area contributed by atoms with Crippen molar-refractivity contribution in [3.05, 3.63) is 60.7 Å². The maximum Gasteiger partial charge on any atom is 0.0857 e. The first-order chi connectivity index (χ1) is 9.22. The van der Waals surface area contributed by atoms with Gasteiger partial charge in [0.1, 0.15) is 0 Å². The van der Waals surface area contributed by atoms with Crippen molar-refractivity contribution in [3.8, 4) is 0 Å². The van der Waals surface area contributed by atoms with Crippen molar-refractivity contribution >= 4 is 27.3 Å². The van der Waals surface area contributed by atoms with Crippen LogP contribution in [0.5, 0.6) is 0 Å². The van der Waals surface area contributed by atoms with Gasteiger partial charge in [-0.1, -0.05) is 59.3 Å². The van der Waals surface area contributed by atoms with Crippen LogP contribution in [-0.2, 0) is 0 Å². The van der Waals surface area contributed by atoms with Gasteiger partial charge in [0.15, 0.2) is 0 Å².